The largest absolute Gasteiger partial charge is 0.296 e. The third-order valence-corrected chi connectivity index (χ3v) is 4.95. The van der Waals surface area contributed by atoms with Crippen LogP contribution in [-0.2, 0) is 12.8 Å². The first-order valence-corrected chi connectivity index (χ1v) is 8.10. The minimum absolute atomic E-state index is 0.266. The Bertz CT molecular complexity index is 492. The number of carbonyl (C=O) groups excluding carboxylic acids is 1. The smallest absolute Gasteiger partial charge is 0.177 e. The Morgan fingerprint density at radius 1 is 1.05 bits per heavy atom. The molecule has 0 unspecified atom stereocenters. The monoisotopic (exact) mass is 321 g/mol. The van der Waals surface area contributed by atoms with Crippen molar-refractivity contribution in [2.75, 3.05) is 19.6 Å². The fraction of sp³-hybridized carbons (Fsp3) is 0.562. The van der Waals surface area contributed by atoms with Crippen molar-refractivity contribution in [3.05, 3.63) is 33.3 Å². The molecule has 1 saturated heterocycles. The summed E-state index contributed by atoms with van der Waals surface area (Å²) in [5.41, 5.74) is 3.70. The summed E-state index contributed by atoms with van der Waals surface area (Å²) >= 11 is 3.59. The number of nitrogens with zero attached hydrogens (tertiary/aromatic N) is 1. The highest BCUT2D eigenvalue weighted by molar-refractivity contribution is 9.10. The van der Waals surface area contributed by atoms with Gasteiger partial charge in [-0.15, -0.1) is 0 Å². The quantitative estimate of drug-likeness (QED) is 0.793. The van der Waals surface area contributed by atoms with Crippen molar-refractivity contribution in [1.82, 2.24) is 4.90 Å². The van der Waals surface area contributed by atoms with Crippen LogP contribution in [0.4, 0.5) is 0 Å². The third kappa shape index (κ3) is 2.92. The Labute approximate surface area is 123 Å². The van der Waals surface area contributed by atoms with E-state index in [2.05, 4.69) is 33.0 Å². The maximum Gasteiger partial charge on any atom is 0.177 e. The highest BCUT2D eigenvalue weighted by atomic mass is 79.9. The minimum atomic E-state index is 0.266. The number of ketones is 1. The lowest BCUT2D eigenvalue weighted by molar-refractivity contribution is 0.0944. The number of aryl methyl sites for hydroxylation is 2. The van der Waals surface area contributed by atoms with E-state index < -0.39 is 0 Å². The van der Waals surface area contributed by atoms with E-state index in [0.29, 0.717) is 6.54 Å². The molecule has 3 rings (SSSR count). The second kappa shape index (κ2) is 5.76. The second-order valence-electron chi connectivity index (χ2n) is 5.71. The summed E-state index contributed by atoms with van der Waals surface area (Å²) in [6.45, 7) is 2.74. The molecule has 0 radical (unpaired) electrons. The predicted octanol–water partition coefficient (Wildman–Crippen LogP) is 3.61. The number of fused-ring (bicyclic) bond motifs is 1. The standard InChI is InChI=1S/C16H20BrNO/c17-15-10-13-6-2-1-5-12(13)9-14(15)16(19)11-18-7-3-4-8-18/h9-10H,1-8,11H2. The van der Waals surface area contributed by atoms with E-state index in [0.717, 1.165) is 36.0 Å². The molecular weight excluding hydrogens is 302 g/mol. The Kier molecular flexibility index (Phi) is 4.04. The first-order valence-electron chi connectivity index (χ1n) is 7.31. The zero-order valence-corrected chi connectivity index (χ0v) is 12.8. The Balaban J connectivity index is 1.81. The van der Waals surface area contributed by atoms with Gasteiger partial charge in [0.2, 0.25) is 0 Å². The number of benzene rings is 1. The lowest BCUT2D eigenvalue weighted by Gasteiger charge is -2.19. The van der Waals surface area contributed by atoms with Crippen LogP contribution in [0.25, 0.3) is 0 Å². The van der Waals surface area contributed by atoms with E-state index in [4.69, 9.17) is 0 Å². The van der Waals surface area contributed by atoms with Crippen LogP contribution in [0.3, 0.4) is 0 Å². The molecule has 2 nitrogen and oxygen atoms in total. The molecule has 1 aliphatic carbocycles. The van der Waals surface area contributed by atoms with Gasteiger partial charge in [0.15, 0.2) is 5.78 Å². The zero-order chi connectivity index (χ0) is 13.2. The number of Topliss-reactive ketones (excluding diaryl/α,β-unsaturated/α-hetero) is 1. The molecule has 0 aromatic heterocycles. The number of halogens is 1. The van der Waals surface area contributed by atoms with E-state index in [-0.39, 0.29) is 5.78 Å². The second-order valence-corrected chi connectivity index (χ2v) is 6.57. The summed E-state index contributed by atoms with van der Waals surface area (Å²) in [5, 5.41) is 0. The SMILES string of the molecule is O=C(CN1CCCC1)c1cc2c(cc1Br)CCCC2. The van der Waals surface area contributed by atoms with Crippen LogP contribution >= 0.6 is 15.9 Å². The van der Waals surface area contributed by atoms with Crippen LogP contribution in [-0.4, -0.2) is 30.3 Å². The summed E-state index contributed by atoms with van der Waals surface area (Å²) in [5.74, 6) is 0.266. The summed E-state index contributed by atoms with van der Waals surface area (Å²) in [6, 6.07) is 4.31. The maximum atomic E-state index is 12.4. The molecule has 1 aromatic carbocycles. The van der Waals surface area contributed by atoms with Crippen molar-refractivity contribution in [2.45, 2.75) is 38.5 Å². The summed E-state index contributed by atoms with van der Waals surface area (Å²) in [4.78, 5) is 14.7. The molecule has 0 spiro atoms. The molecular formula is C16H20BrNO. The first-order chi connectivity index (χ1) is 9.24. The van der Waals surface area contributed by atoms with Gasteiger partial charge in [-0.25, -0.2) is 0 Å². The lowest BCUT2D eigenvalue weighted by atomic mass is 9.89. The van der Waals surface area contributed by atoms with Crippen molar-refractivity contribution < 1.29 is 4.79 Å². The number of likely N-dealkylation sites (tertiary alicyclic amines) is 1. The predicted molar refractivity (Wildman–Crippen MR) is 80.8 cm³/mol. The summed E-state index contributed by atoms with van der Waals surface area (Å²) < 4.78 is 0.984. The van der Waals surface area contributed by atoms with Crippen LogP contribution in [0.1, 0.15) is 47.2 Å². The fourth-order valence-electron chi connectivity index (χ4n) is 3.20. The molecule has 1 aliphatic heterocycles. The molecule has 102 valence electrons. The van der Waals surface area contributed by atoms with Gasteiger partial charge in [-0.1, -0.05) is 15.9 Å². The van der Waals surface area contributed by atoms with E-state index in [1.54, 1.807) is 0 Å². The van der Waals surface area contributed by atoms with Crippen molar-refractivity contribution >= 4 is 21.7 Å². The molecule has 0 N–H and O–H groups in total. The normalized spacial score (nSPS) is 19.4. The van der Waals surface area contributed by atoms with Crippen LogP contribution in [0.5, 0.6) is 0 Å². The van der Waals surface area contributed by atoms with Gasteiger partial charge >= 0.3 is 0 Å². The molecule has 1 aromatic rings. The molecule has 1 fully saturated rings. The molecule has 1 heterocycles. The van der Waals surface area contributed by atoms with E-state index in [9.17, 15) is 4.79 Å². The number of hydrogen-bond acceptors (Lipinski definition) is 2. The van der Waals surface area contributed by atoms with Gasteiger partial charge in [-0.2, -0.15) is 0 Å². The number of hydrogen-bond donors (Lipinski definition) is 0. The van der Waals surface area contributed by atoms with Crippen LogP contribution in [0.2, 0.25) is 0 Å². The average molecular weight is 322 g/mol. The summed E-state index contributed by atoms with van der Waals surface area (Å²) in [6.07, 6.45) is 7.30. The minimum Gasteiger partial charge on any atom is -0.296 e. The molecule has 19 heavy (non-hydrogen) atoms. The van der Waals surface area contributed by atoms with Gasteiger partial charge in [-0.3, -0.25) is 9.69 Å². The third-order valence-electron chi connectivity index (χ3n) is 4.30. The van der Waals surface area contributed by atoms with Crippen molar-refractivity contribution in [2.24, 2.45) is 0 Å². The van der Waals surface area contributed by atoms with Gasteiger partial charge < -0.3 is 0 Å². The Morgan fingerprint density at radius 3 is 2.37 bits per heavy atom. The van der Waals surface area contributed by atoms with Gasteiger partial charge in [0.05, 0.1) is 6.54 Å². The topological polar surface area (TPSA) is 20.3 Å². The highest BCUT2D eigenvalue weighted by Crippen LogP contribution is 2.28. The Morgan fingerprint density at radius 2 is 1.68 bits per heavy atom. The van der Waals surface area contributed by atoms with Gasteiger partial charge in [0, 0.05) is 10.0 Å². The molecule has 0 atom stereocenters. The number of rotatable bonds is 3. The van der Waals surface area contributed by atoms with Gasteiger partial charge in [-0.05, 0) is 74.9 Å². The molecule has 0 bridgehead atoms. The van der Waals surface area contributed by atoms with E-state index >= 15 is 0 Å². The van der Waals surface area contributed by atoms with Crippen LogP contribution < -0.4 is 0 Å². The van der Waals surface area contributed by atoms with Crippen LogP contribution in [0, 0.1) is 0 Å². The van der Waals surface area contributed by atoms with Gasteiger partial charge in [0.25, 0.3) is 0 Å². The molecule has 0 saturated carbocycles. The lowest BCUT2D eigenvalue weighted by Crippen LogP contribution is -2.27. The highest BCUT2D eigenvalue weighted by Gasteiger charge is 2.20. The molecule has 2 aliphatic rings. The maximum absolute atomic E-state index is 12.4. The van der Waals surface area contributed by atoms with E-state index in [1.807, 2.05) is 0 Å². The van der Waals surface area contributed by atoms with Crippen molar-refractivity contribution in [1.29, 1.82) is 0 Å². The van der Waals surface area contributed by atoms with Gasteiger partial charge in [0.1, 0.15) is 0 Å². The van der Waals surface area contributed by atoms with E-state index in [1.165, 1.54) is 36.8 Å². The number of carbonyl (C=O) groups is 1. The zero-order valence-electron chi connectivity index (χ0n) is 11.3. The average Bonchev–Trinajstić information content (AvgIpc) is 2.90. The summed E-state index contributed by atoms with van der Waals surface area (Å²) in [7, 11) is 0. The molecule has 3 heteroatoms. The Hall–Kier alpha value is -0.670. The van der Waals surface area contributed by atoms with Crippen molar-refractivity contribution in [3.63, 3.8) is 0 Å². The molecule has 0 amide bonds. The fourth-order valence-corrected chi connectivity index (χ4v) is 3.81. The van der Waals surface area contributed by atoms with Crippen LogP contribution in [0.15, 0.2) is 16.6 Å². The van der Waals surface area contributed by atoms with Crippen molar-refractivity contribution in [3.8, 4) is 0 Å². The first kappa shape index (κ1) is 13.3.